The van der Waals surface area contributed by atoms with E-state index in [1.165, 1.54) is 6.92 Å². The number of aromatic nitrogens is 2. The fraction of sp³-hybridized carbons (Fsp3) is 0.333. The van der Waals surface area contributed by atoms with Crippen LogP contribution in [-0.2, 0) is 0 Å². The van der Waals surface area contributed by atoms with Crippen LogP contribution in [0.1, 0.15) is 30.9 Å². The third kappa shape index (κ3) is 1.81. The zero-order chi connectivity index (χ0) is 12.7. The first-order chi connectivity index (χ1) is 7.91. The Bertz CT molecular complexity index is 605. The summed E-state index contributed by atoms with van der Waals surface area (Å²) in [6.07, 6.45) is 0. The van der Waals surface area contributed by atoms with Gasteiger partial charge in [-0.15, -0.1) is 0 Å². The SMILES string of the molecule is Cc1c2cc(C(C)C)c(=O)nc-2[nH]c(F)c1F. The van der Waals surface area contributed by atoms with E-state index in [-0.39, 0.29) is 17.3 Å². The number of nitrogens with one attached hydrogen (secondary N) is 1. The monoisotopic (exact) mass is 238 g/mol. The summed E-state index contributed by atoms with van der Waals surface area (Å²) in [4.78, 5) is 17.5. The van der Waals surface area contributed by atoms with Gasteiger partial charge in [0.1, 0.15) is 5.82 Å². The summed E-state index contributed by atoms with van der Waals surface area (Å²) >= 11 is 0. The van der Waals surface area contributed by atoms with Gasteiger partial charge in [-0.2, -0.15) is 9.37 Å². The first-order valence-corrected chi connectivity index (χ1v) is 5.30. The summed E-state index contributed by atoms with van der Waals surface area (Å²) in [5.74, 6) is -1.96. The minimum Gasteiger partial charge on any atom is -0.314 e. The molecule has 1 N–H and O–H groups in total. The smallest absolute Gasteiger partial charge is 0.275 e. The lowest BCUT2D eigenvalue weighted by Gasteiger charge is -2.12. The molecule has 0 atom stereocenters. The van der Waals surface area contributed by atoms with Crippen LogP contribution in [0.25, 0.3) is 11.4 Å². The second-order valence-corrected chi connectivity index (χ2v) is 4.31. The number of rotatable bonds is 1. The van der Waals surface area contributed by atoms with Crippen molar-refractivity contribution in [2.75, 3.05) is 0 Å². The molecule has 0 fully saturated rings. The maximum atomic E-state index is 13.4. The molecule has 5 heteroatoms. The van der Waals surface area contributed by atoms with Gasteiger partial charge >= 0.3 is 0 Å². The van der Waals surface area contributed by atoms with Gasteiger partial charge in [-0.1, -0.05) is 13.8 Å². The van der Waals surface area contributed by atoms with Gasteiger partial charge in [-0.25, -0.2) is 4.39 Å². The van der Waals surface area contributed by atoms with Crippen molar-refractivity contribution in [2.45, 2.75) is 26.7 Å². The zero-order valence-corrected chi connectivity index (χ0v) is 9.77. The number of nitrogens with zero attached hydrogens (tertiary/aromatic N) is 1. The van der Waals surface area contributed by atoms with Crippen LogP contribution in [0.5, 0.6) is 0 Å². The van der Waals surface area contributed by atoms with Crippen LogP contribution in [-0.4, -0.2) is 9.97 Å². The van der Waals surface area contributed by atoms with Crippen molar-refractivity contribution in [2.24, 2.45) is 0 Å². The van der Waals surface area contributed by atoms with E-state index in [0.29, 0.717) is 11.1 Å². The number of halogens is 2. The van der Waals surface area contributed by atoms with E-state index in [1.807, 2.05) is 13.8 Å². The molecule has 0 aromatic heterocycles. The number of pyridine rings is 2. The molecule has 0 radical (unpaired) electrons. The maximum Gasteiger partial charge on any atom is 0.275 e. The van der Waals surface area contributed by atoms with Crippen molar-refractivity contribution in [3.8, 4) is 11.4 Å². The van der Waals surface area contributed by atoms with Crippen LogP contribution in [0, 0.1) is 18.7 Å². The summed E-state index contributed by atoms with van der Waals surface area (Å²) in [5, 5.41) is 0. The normalized spacial score (nSPS) is 11.4. The van der Waals surface area contributed by atoms with Crippen LogP contribution in [0.4, 0.5) is 8.78 Å². The first kappa shape index (κ1) is 11.7. The van der Waals surface area contributed by atoms with E-state index in [2.05, 4.69) is 9.97 Å². The Morgan fingerprint density at radius 2 is 2.00 bits per heavy atom. The van der Waals surface area contributed by atoms with Crippen molar-refractivity contribution in [3.63, 3.8) is 0 Å². The molecule has 2 rings (SSSR count). The van der Waals surface area contributed by atoms with Gasteiger partial charge < -0.3 is 4.98 Å². The Morgan fingerprint density at radius 3 is 2.59 bits per heavy atom. The topological polar surface area (TPSA) is 45.8 Å². The Hall–Kier alpha value is -1.78. The standard InChI is InChI=1S/C12H12F2N2O/c1-5(2)7-4-8-6(3)9(13)10(14)15-11(8)16-12(7)17/h4-5H,1-3H3,(H,15,16,17). The van der Waals surface area contributed by atoms with Gasteiger partial charge in [0.15, 0.2) is 5.82 Å². The molecule has 17 heavy (non-hydrogen) atoms. The lowest BCUT2D eigenvalue weighted by atomic mass is 9.99. The third-order valence-electron chi connectivity index (χ3n) is 2.79. The summed E-state index contributed by atoms with van der Waals surface area (Å²) in [5.41, 5.74) is 0.687. The molecule has 0 saturated heterocycles. The van der Waals surface area contributed by atoms with Gasteiger partial charge in [0.25, 0.3) is 5.56 Å². The Labute approximate surface area is 96.9 Å². The minimum absolute atomic E-state index is 0.00749. The molecule has 0 aliphatic carbocycles. The highest BCUT2D eigenvalue weighted by Crippen LogP contribution is 2.26. The molecule has 90 valence electrons. The second kappa shape index (κ2) is 3.91. The van der Waals surface area contributed by atoms with Crippen molar-refractivity contribution >= 4 is 0 Å². The van der Waals surface area contributed by atoms with E-state index in [4.69, 9.17) is 0 Å². The average Bonchev–Trinajstić information content (AvgIpc) is 2.25. The van der Waals surface area contributed by atoms with Gasteiger partial charge in [0.2, 0.25) is 5.95 Å². The van der Waals surface area contributed by atoms with Crippen molar-refractivity contribution in [3.05, 3.63) is 39.3 Å². The van der Waals surface area contributed by atoms with E-state index >= 15 is 0 Å². The van der Waals surface area contributed by atoms with Crippen molar-refractivity contribution < 1.29 is 8.78 Å². The molecule has 0 aromatic carbocycles. The molecule has 0 saturated carbocycles. The quantitative estimate of drug-likeness (QED) is 0.776. The first-order valence-electron chi connectivity index (χ1n) is 5.30. The summed E-state index contributed by atoms with van der Waals surface area (Å²) in [7, 11) is 0. The second-order valence-electron chi connectivity index (χ2n) is 4.31. The number of aromatic amines is 1. The molecule has 2 heterocycles. The van der Waals surface area contributed by atoms with Gasteiger partial charge in [-0.05, 0) is 18.9 Å². The molecule has 0 spiro atoms. The van der Waals surface area contributed by atoms with Crippen LogP contribution in [0.2, 0.25) is 0 Å². The predicted octanol–water partition coefficient (Wildman–Crippen LogP) is 2.58. The lowest BCUT2D eigenvalue weighted by molar-refractivity contribution is 0.474. The van der Waals surface area contributed by atoms with Crippen LogP contribution in [0.3, 0.4) is 0 Å². The molecule has 0 amide bonds. The molecule has 0 unspecified atom stereocenters. The van der Waals surface area contributed by atoms with E-state index in [9.17, 15) is 13.6 Å². The summed E-state index contributed by atoms with van der Waals surface area (Å²) in [6, 6.07) is 1.57. The maximum absolute atomic E-state index is 13.4. The van der Waals surface area contributed by atoms with Gasteiger partial charge in [-0.3, -0.25) is 4.79 Å². The molecule has 2 aliphatic rings. The van der Waals surface area contributed by atoms with Crippen LogP contribution in [0.15, 0.2) is 10.9 Å². The highest BCUT2D eigenvalue weighted by molar-refractivity contribution is 5.62. The molecule has 3 nitrogen and oxygen atoms in total. The zero-order valence-electron chi connectivity index (χ0n) is 9.77. The summed E-state index contributed by atoms with van der Waals surface area (Å²) < 4.78 is 26.5. The molecule has 0 aromatic rings. The molecule has 0 bridgehead atoms. The van der Waals surface area contributed by atoms with E-state index in [0.717, 1.165) is 0 Å². The highest BCUT2D eigenvalue weighted by atomic mass is 19.2. The van der Waals surface area contributed by atoms with Crippen LogP contribution < -0.4 is 5.56 Å². The highest BCUT2D eigenvalue weighted by Gasteiger charge is 2.19. The molecular formula is C12H12F2N2O. The Kier molecular flexibility index (Phi) is 2.69. The van der Waals surface area contributed by atoms with E-state index < -0.39 is 17.3 Å². The molecule has 2 aliphatic heterocycles. The predicted molar refractivity (Wildman–Crippen MR) is 60.2 cm³/mol. The van der Waals surface area contributed by atoms with Crippen LogP contribution >= 0.6 is 0 Å². The van der Waals surface area contributed by atoms with Crippen molar-refractivity contribution in [1.82, 2.24) is 9.97 Å². The third-order valence-corrected chi connectivity index (χ3v) is 2.79. The number of hydrogen-bond donors (Lipinski definition) is 1. The van der Waals surface area contributed by atoms with Crippen molar-refractivity contribution in [1.29, 1.82) is 0 Å². The molecular weight excluding hydrogens is 226 g/mol. The minimum atomic E-state index is -1.10. The fourth-order valence-electron chi connectivity index (χ4n) is 1.75. The lowest BCUT2D eigenvalue weighted by Crippen LogP contribution is -2.17. The summed E-state index contributed by atoms with van der Waals surface area (Å²) in [6.45, 7) is 5.16. The van der Waals surface area contributed by atoms with E-state index in [1.54, 1.807) is 6.07 Å². The van der Waals surface area contributed by atoms with Gasteiger partial charge in [0.05, 0.1) is 0 Å². The number of hydrogen-bond acceptors (Lipinski definition) is 2. The van der Waals surface area contributed by atoms with Gasteiger partial charge in [0, 0.05) is 16.7 Å². The Balaban J connectivity index is 2.86. The average molecular weight is 238 g/mol. The number of H-pyrrole nitrogens is 1. The number of fused-ring (bicyclic) bond motifs is 1. The Morgan fingerprint density at radius 1 is 1.35 bits per heavy atom. The largest absolute Gasteiger partial charge is 0.314 e. The fourth-order valence-corrected chi connectivity index (χ4v) is 1.75.